The van der Waals surface area contributed by atoms with Crippen LogP contribution in [-0.2, 0) is 7.05 Å². The first-order chi connectivity index (χ1) is 8.02. The molecule has 1 N–H and O–H groups in total. The average Bonchev–Trinajstić information content (AvgIpc) is 2.58. The minimum atomic E-state index is -1.00. The van der Waals surface area contributed by atoms with Crippen LogP contribution >= 0.6 is 34.8 Å². The molecule has 1 aromatic heterocycles. The molecule has 17 heavy (non-hydrogen) atoms. The first-order valence-corrected chi connectivity index (χ1v) is 5.95. The van der Waals surface area contributed by atoms with Crippen molar-refractivity contribution in [3.8, 4) is 0 Å². The molecule has 3 nitrogen and oxygen atoms in total. The molecule has 1 unspecified atom stereocenters. The number of halogens is 3. The van der Waals surface area contributed by atoms with Crippen LogP contribution in [0.1, 0.15) is 17.4 Å². The quantitative estimate of drug-likeness (QED) is 0.920. The summed E-state index contributed by atoms with van der Waals surface area (Å²) in [7, 11) is 1.69. The molecule has 0 saturated carbocycles. The molecular formula is C11H9Cl3N2O. The highest BCUT2D eigenvalue weighted by atomic mass is 35.5. The Hall–Kier alpha value is -0.740. The molecule has 0 amide bonds. The third-order valence-corrected chi connectivity index (χ3v) is 3.42. The lowest BCUT2D eigenvalue weighted by atomic mass is 10.1. The zero-order chi connectivity index (χ0) is 12.6. The summed E-state index contributed by atoms with van der Waals surface area (Å²) in [6, 6.07) is 5.04. The number of rotatable bonds is 2. The van der Waals surface area contributed by atoms with E-state index in [1.807, 2.05) is 0 Å². The van der Waals surface area contributed by atoms with Gasteiger partial charge >= 0.3 is 0 Å². The molecule has 0 bridgehead atoms. The van der Waals surface area contributed by atoms with E-state index in [-0.39, 0.29) is 0 Å². The van der Waals surface area contributed by atoms with Crippen LogP contribution in [0.4, 0.5) is 0 Å². The molecule has 0 saturated heterocycles. The summed E-state index contributed by atoms with van der Waals surface area (Å²) in [6.45, 7) is 0. The SMILES string of the molecule is Cn1ncc(Cl)c1C(O)c1c(Cl)cccc1Cl. The second-order valence-electron chi connectivity index (χ2n) is 3.54. The van der Waals surface area contributed by atoms with E-state index in [0.29, 0.717) is 26.3 Å². The van der Waals surface area contributed by atoms with Gasteiger partial charge in [-0.2, -0.15) is 5.10 Å². The Bertz CT molecular complexity index is 514. The van der Waals surface area contributed by atoms with Crippen LogP contribution in [0, 0.1) is 0 Å². The molecule has 0 radical (unpaired) electrons. The maximum Gasteiger partial charge on any atom is 0.125 e. The van der Waals surface area contributed by atoms with Crippen LogP contribution in [0.3, 0.4) is 0 Å². The van der Waals surface area contributed by atoms with Crippen molar-refractivity contribution in [2.45, 2.75) is 6.10 Å². The van der Waals surface area contributed by atoms with E-state index in [4.69, 9.17) is 34.8 Å². The van der Waals surface area contributed by atoms with Gasteiger partial charge in [-0.1, -0.05) is 40.9 Å². The topological polar surface area (TPSA) is 38.0 Å². The largest absolute Gasteiger partial charge is 0.382 e. The van der Waals surface area contributed by atoms with E-state index in [2.05, 4.69) is 5.10 Å². The van der Waals surface area contributed by atoms with Gasteiger partial charge in [0, 0.05) is 22.7 Å². The third kappa shape index (κ3) is 2.29. The predicted molar refractivity (Wildman–Crippen MR) is 68.7 cm³/mol. The molecule has 1 atom stereocenters. The third-order valence-electron chi connectivity index (χ3n) is 2.47. The van der Waals surface area contributed by atoms with Crippen molar-refractivity contribution in [2.24, 2.45) is 7.05 Å². The Balaban J connectivity index is 2.55. The summed E-state index contributed by atoms with van der Waals surface area (Å²) in [5.41, 5.74) is 0.892. The molecule has 0 aliphatic carbocycles. The van der Waals surface area contributed by atoms with Gasteiger partial charge in [0.25, 0.3) is 0 Å². The lowest BCUT2D eigenvalue weighted by molar-refractivity contribution is 0.210. The molecule has 90 valence electrons. The van der Waals surface area contributed by atoms with Crippen LogP contribution in [0.5, 0.6) is 0 Å². The van der Waals surface area contributed by atoms with Gasteiger partial charge in [-0.15, -0.1) is 0 Å². The molecule has 2 rings (SSSR count). The van der Waals surface area contributed by atoms with Crippen LogP contribution in [-0.4, -0.2) is 14.9 Å². The lowest BCUT2D eigenvalue weighted by Gasteiger charge is -2.15. The van der Waals surface area contributed by atoms with Gasteiger partial charge in [0.05, 0.1) is 16.9 Å². The predicted octanol–water partition coefficient (Wildman–Crippen LogP) is 3.46. The summed E-state index contributed by atoms with van der Waals surface area (Å²) in [4.78, 5) is 0. The summed E-state index contributed by atoms with van der Waals surface area (Å²) in [5, 5.41) is 15.4. The van der Waals surface area contributed by atoms with E-state index < -0.39 is 6.10 Å². The maximum absolute atomic E-state index is 10.3. The molecule has 0 aliphatic rings. The summed E-state index contributed by atoms with van der Waals surface area (Å²) < 4.78 is 1.49. The van der Waals surface area contributed by atoms with E-state index in [1.54, 1.807) is 25.2 Å². The molecule has 1 heterocycles. The fraction of sp³-hybridized carbons (Fsp3) is 0.182. The highest BCUT2D eigenvalue weighted by Crippen LogP contribution is 2.36. The first kappa shape index (κ1) is 12.7. The number of hydrogen-bond acceptors (Lipinski definition) is 2. The number of benzene rings is 1. The Morgan fingerprint density at radius 3 is 2.24 bits per heavy atom. The van der Waals surface area contributed by atoms with Crippen LogP contribution in [0.25, 0.3) is 0 Å². The van der Waals surface area contributed by atoms with Crippen molar-refractivity contribution in [3.63, 3.8) is 0 Å². The van der Waals surface area contributed by atoms with Gasteiger partial charge in [-0.3, -0.25) is 4.68 Å². The number of aryl methyl sites for hydroxylation is 1. The van der Waals surface area contributed by atoms with Gasteiger partial charge < -0.3 is 5.11 Å². The van der Waals surface area contributed by atoms with E-state index in [0.717, 1.165) is 0 Å². The first-order valence-electron chi connectivity index (χ1n) is 4.81. The molecule has 6 heteroatoms. The zero-order valence-corrected chi connectivity index (χ0v) is 11.1. The molecule has 1 aromatic carbocycles. The standard InChI is InChI=1S/C11H9Cl3N2O/c1-16-10(8(14)5-15-16)11(17)9-6(12)3-2-4-7(9)13/h2-5,11,17H,1H3. The Labute approximate surface area is 114 Å². The van der Waals surface area contributed by atoms with Crippen molar-refractivity contribution >= 4 is 34.8 Å². The van der Waals surface area contributed by atoms with Gasteiger partial charge in [0.1, 0.15) is 6.10 Å². The van der Waals surface area contributed by atoms with Crippen molar-refractivity contribution in [1.29, 1.82) is 0 Å². The number of aliphatic hydroxyl groups excluding tert-OH is 1. The van der Waals surface area contributed by atoms with Crippen LogP contribution in [0.15, 0.2) is 24.4 Å². The molecule has 0 aliphatic heterocycles. The van der Waals surface area contributed by atoms with E-state index >= 15 is 0 Å². The monoisotopic (exact) mass is 290 g/mol. The highest BCUT2D eigenvalue weighted by Gasteiger charge is 2.22. The van der Waals surface area contributed by atoms with Crippen molar-refractivity contribution in [2.75, 3.05) is 0 Å². The zero-order valence-electron chi connectivity index (χ0n) is 8.86. The average molecular weight is 292 g/mol. The highest BCUT2D eigenvalue weighted by molar-refractivity contribution is 6.36. The minimum Gasteiger partial charge on any atom is -0.382 e. The molecule has 0 fully saturated rings. The Morgan fingerprint density at radius 1 is 1.18 bits per heavy atom. The van der Waals surface area contributed by atoms with Crippen LogP contribution < -0.4 is 0 Å². The lowest BCUT2D eigenvalue weighted by Crippen LogP contribution is -2.08. The number of nitrogens with zero attached hydrogens (tertiary/aromatic N) is 2. The van der Waals surface area contributed by atoms with E-state index in [9.17, 15) is 5.11 Å². The van der Waals surface area contributed by atoms with Crippen molar-refractivity contribution in [1.82, 2.24) is 9.78 Å². The minimum absolute atomic E-state index is 0.371. The van der Waals surface area contributed by atoms with Gasteiger partial charge in [0.15, 0.2) is 0 Å². The maximum atomic E-state index is 10.3. The smallest absolute Gasteiger partial charge is 0.125 e. The summed E-state index contributed by atoms with van der Waals surface area (Å²) in [5.74, 6) is 0. The van der Waals surface area contributed by atoms with Crippen molar-refractivity contribution < 1.29 is 5.11 Å². The molecular weight excluding hydrogens is 282 g/mol. The molecule has 2 aromatic rings. The Kier molecular flexibility index (Phi) is 3.64. The van der Waals surface area contributed by atoms with Gasteiger partial charge in [0.2, 0.25) is 0 Å². The fourth-order valence-electron chi connectivity index (χ4n) is 1.64. The second kappa shape index (κ2) is 4.86. The normalized spacial score (nSPS) is 12.8. The van der Waals surface area contributed by atoms with E-state index in [1.165, 1.54) is 10.9 Å². The number of aliphatic hydroxyl groups is 1. The number of hydrogen-bond donors (Lipinski definition) is 1. The summed E-state index contributed by atoms with van der Waals surface area (Å²) in [6.07, 6.45) is 0.460. The second-order valence-corrected chi connectivity index (χ2v) is 4.76. The van der Waals surface area contributed by atoms with Crippen molar-refractivity contribution in [3.05, 3.63) is 50.7 Å². The van der Waals surface area contributed by atoms with Crippen LogP contribution in [0.2, 0.25) is 15.1 Å². The molecule has 0 spiro atoms. The van der Waals surface area contributed by atoms with Gasteiger partial charge in [-0.25, -0.2) is 0 Å². The Morgan fingerprint density at radius 2 is 1.76 bits per heavy atom. The summed E-state index contributed by atoms with van der Waals surface area (Å²) >= 11 is 18.0. The fourth-order valence-corrected chi connectivity index (χ4v) is 2.51. The van der Waals surface area contributed by atoms with Gasteiger partial charge in [-0.05, 0) is 12.1 Å². The number of aromatic nitrogens is 2.